The van der Waals surface area contributed by atoms with Crippen molar-refractivity contribution in [3.8, 4) is 6.07 Å². The van der Waals surface area contributed by atoms with Gasteiger partial charge in [-0.05, 0) is 6.07 Å². The van der Waals surface area contributed by atoms with Gasteiger partial charge in [0.15, 0.2) is 0 Å². The van der Waals surface area contributed by atoms with E-state index in [1.807, 2.05) is 35.2 Å². The average molecular weight is 383 g/mol. The van der Waals surface area contributed by atoms with E-state index in [0.717, 1.165) is 22.2 Å². The first-order chi connectivity index (χ1) is 13.0. The van der Waals surface area contributed by atoms with Gasteiger partial charge in [-0.1, -0.05) is 29.5 Å². The third-order valence-corrected chi connectivity index (χ3v) is 5.38. The fourth-order valence-corrected chi connectivity index (χ4v) is 3.81. The quantitative estimate of drug-likeness (QED) is 0.748. The Morgan fingerprint density at radius 1 is 1.41 bits per heavy atom. The van der Waals surface area contributed by atoms with Crippen molar-refractivity contribution < 1.29 is 9.18 Å². The lowest BCUT2D eigenvalue weighted by Gasteiger charge is -2.40. The Hall–Kier alpha value is -3.25. The number of anilines is 2. The molecule has 3 aromatic rings. The highest BCUT2D eigenvalue weighted by molar-refractivity contribution is 7.14. The van der Waals surface area contributed by atoms with Crippen LogP contribution in [0.15, 0.2) is 35.3 Å². The number of nitriles is 1. The standard InChI is InChI=1S/C18H14FN5O2S/c1-23-13-5-3-2-4-11(13)15(12(6-20)17(23)26)24-8-10(9-24)16(25)22-14-7-21-18(19)27-14/h2-5,7,10H,8-9H2,1H3,(H,22,25). The van der Waals surface area contributed by atoms with Gasteiger partial charge in [-0.2, -0.15) is 9.65 Å². The molecule has 0 saturated carbocycles. The molecule has 2 aromatic heterocycles. The monoisotopic (exact) mass is 383 g/mol. The maximum atomic E-state index is 12.9. The molecular weight excluding hydrogens is 369 g/mol. The smallest absolute Gasteiger partial charge is 0.270 e. The van der Waals surface area contributed by atoms with Crippen LogP contribution < -0.4 is 15.8 Å². The summed E-state index contributed by atoms with van der Waals surface area (Å²) in [5.41, 5.74) is 0.993. The van der Waals surface area contributed by atoms with E-state index in [1.165, 1.54) is 10.8 Å². The molecule has 27 heavy (non-hydrogen) atoms. The molecule has 0 spiro atoms. The first-order valence-corrected chi connectivity index (χ1v) is 9.00. The van der Waals surface area contributed by atoms with Gasteiger partial charge in [0.05, 0.1) is 23.3 Å². The number of carbonyl (C=O) groups is 1. The van der Waals surface area contributed by atoms with E-state index in [0.29, 0.717) is 23.8 Å². The number of para-hydroxylation sites is 1. The highest BCUT2D eigenvalue weighted by Crippen LogP contribution is 2.33. The molecule has 1 aliphatic heterocycles. The van der Waals surface area contributed by atoms with Crippen molar-refractivity contribution in [1.29, 1.82) is 5.26 Å². The third-order valence-electron chi connectivity index (χ3n) is 4.68. The molecule has 1 amide bonds. The maximum absolute atomic E-state index is 12.9. The second-order valence-electron chi connectivity index (χ2n) is 6.29. The third kappa shape index (κ3) is 2.84. The van der Waals surface area contributed by atoms with Crippen LogP contribution in [0.1, 0.15) is 5.56 Å². The van der Waals surface area contributed by atoms with Gasteiger partial charge < -0.3 is 14.8 Å². The lowest BCUT2D eigenvalue weighted by atomic mass is 9.95. The van der Waals surface area contributed by atoms with Crippen molar-refractivity contribution in [3.05, 3.63) is 51.6 Å². The summed E-state index contributed by atoms with van der Waals surface area (Å²) in [5, 5.41) is 12.7. The molecule has 3 heterocycles. The lowest BCUT2D eigenvalue weighted by molar-refractivity contribution is -0.120. The zero-order valence-corrected chi connectivity index (χ0v) is 15.1. The molecule has 1 N–H and O–H groups in total. The molecule has 0 atom stereocenters. The van der Waals surface area contributed by atoms with Crippen LogP contribution in [0.3, 0.4) is 0 Å². The minimum absolute atomic E-state index is 0.0691. The predicted octanol–water partition coefficient (Wildman–Crippen LogP) is 2.08. The van der Waals surface area contributed by atoms with Crippen molar-refractivity contribution >= 4 is 38.8 Å². The normalized spacial score (nSPS) is 14.0. The number of rotatable bonds is 3. The van der Waals surface area contributed by atoms with Gasteiger partial charge >= 0.3 is 0 Å². The fourth-order valence-electron chi connectivity index (χ4n) is 3.27. The molecule has 4 rings (SSSR count). The minimum Gasteiger partial charge on any atom is -0.368 e. The first kappa shape index (κ1) is 17.2. The summed E-state index contributed by atoms with van der Waals surface area (Å²) in [5.74, 6) is -0.550. The molecule has 9 heteroatoms. The highest BCUT2D eigenvalue weighted by atomic mass is 32.1. The molecule has 0 aliphatic carbocycles. The summed E-state index contributed by atoms with van der Waals surface area (Å²) in [4.78, 5) is 30.2. The van der Waals surface area contributed by atoms with E-state index >= 15 is 0 Å². The maximum Gasteiger partial charge on any atom is 0.270 e. The number of aryl methyl sites for hydroxylation is 1. The van der Waals surface area contributed by atoms with E-state index in [2.05, 4.69) is 10.3 Å². The van der Waals surface area contributed by atoms with Gasteiger partial charge in [0.25, 0.3) is 10.8 Å². The number of fused-ring (bicyclic) bond motifs is 1. The largest absolute Gasteiger partial charge is 0.368 e. The number of thiazole rings is 1. The van der Waals surface area contributed by atoms with Gasteiger partial charge in [0.2, 0.25) is 5.91 Å². The Morgan fingerprint density at radius 3 is 2.81 bits per heavy atom. The molecule has 0 radical (unpaired) electrons. The molecule has 7 nitrogen and oxygen atoms in total. The van der Waals surface area contributed by atoms with Crippen LogP contribution in [0.5, 0.6) is 0 Å². The number of nitrogens with zero attached hydrogens (tertiary/aromatic N) is 4. The zero-order chi connectivity index (χ0) is 19.1. The predicted molar refractivity (Wildman–Crippen MR) is 100 cm³/mol. The number of carbonyl (C=O) groups excluding carboxylic acids is 1. The summed E-state index contributed by atoms with van der Waals surface area (Å²) in [6.07, 6.45) is 1.27. The lowest BCUT2D eigenvalue weighted by Crippen LogP contribution is -2.53. The Balaban J connectivity index is 1.62. The number of hydrogen-bond donors (Lipinski definition) is 1. The van der Waals surface area contributed by atoms with E-state index < -0.39 is 5.26 Å². The second kappa shape index (κ2) is 6.48. The Labute approximate surface area is 157 Å². The van der Waals surface area contributed by atoms with Crippen molar-refractivity contribution in [2.24, 2.45) is 13.0 Å². The Morgan fingerprint density at radius 2 is 2.15 bits per heavy atom. The van der Waals surface area contributed by atoms with Crippen LogP contribution in [-0.2, 0) is 11.8 Å². The summed E-state index contributed by atoms with van der Waals surface area (Å²) in [7, 11) is 1.63. The molecule has 1 aliphatic rings. The van der Waals surface area contributed by atoms with Crippen LogP contribution in [0, 0.1) is 22.5 Å². The Bertz CT molecular complexity index is 1160. The van der Waals surface area contributed by atoms with Crippen molar-refractivity contribution in [2.45, 2.75) is 0 Å². The van der Waals surface area contributed by atoms with E-state index in [4.69, 9.17) is 0 Å². The van der Waals surface area contributed by atoms with Gasteiger partial charge in [0, 0.05) is 25.5 Å². The van der Waals surface area contributed by atoms with Gasteiger partial charge in [-0.25, -0.2) is 4.98 Å². The number of amides is 1. The number of hydrogen-bond acceptors (Lipinski definition) is 6. The minimum atomic E-state index is -0.606. The molecule has 1 aromatic carbocycles. The summed E-state index contributed by atoms with van der Waals surface area (Å²) < 4.78 is 14.4. The molecule has 1 saturated heterocycles. The van der Waals surface area contributed by atoms with Crippen LogP contribution >= 0.6 is 11.3 Å². The van der Waals surface area contributed by atoms with Crippen LogP contribution in [0.25, 0.3) is 10.9 Å². The summed E-state index contributed by atoms with van der Waals surface area (Å²) in [6, 6.07) is 9.37. The molecular formula is C18H14FN5O2S. The Kier molecular flexibility index (Phi) is 4.12. The summed E-state index contributed by atoms with van der Waals surface area (Å²) in [6.45, 7) is 0.748. The second-order valence-corrected chi connectivity index (χ2v) is 7.27. The zero-order valence-electron chi connectivity index (χ0n) is 14.3. The van der Waals surface area contributed by atoms with Gasteiger partial charge in [-0.3, -0.25) is 9.59 Å². The van der Waals surface area contributed by atoms with Crippen LogP contribution in [0.4, 0.5) is 15.1 Å². The summed E-state index contributed by atoms with van der Waals surface area (Å²) >= 11 is 0.766. The number of aromatic nitrogens is 2. The van der Waals surface area contributed by atoms with Crippen molar-refractivity contribution in [1.82, 2.24) is 9.55 Å². The topological polar surface area (TPSA) is 91.0 Å². The average Bonchev–Trinajstić information content (AvgIpc) is 3.02. The van der Waals surface area contributed by atoms with E-state index in [9.17, 15) is 19.2 Å². The number of benzene rings is 1. The highest BCUT2D eigenvalue weighted by Gasteiger charge is 2.36. The first-order valence-electron chi connectivity index (χ1n) is 8.18. The molecule has 136 valence electrons. The molecule has 0 unspecified atom stereocenters. The van der Waals surface area contributed by atoms with E-state index in [1.54, 1.807) is 7.05 Å². The van der Waals surface area contributed by atoms with E-state index in [-0.39, 0.29) is 22.9 Å². The number of pyridine rings is 1. The van der Waals surface area contributed by atoms with Gasteiger partial charge in [0.1, 0.15) is 16.6 Å². The number of halogens is 1. The van der Waals surface area contributed by atoms with Gasteiger partial charge in [-0.15, -0.1) is 0 Å². The van der Waals surface area contributed by atoms with Crippen molar-refractivity contribution in [2.75, 3.05) is 23.3 Å². The SMILES string of the molecule is Cn1c(=O)c(C#N)c(N2CC(C(=O)Nc3cnc(F)s3)C2)c2ccccc21. The fraction of sp³-hybridized carbons (Fsp3) is 0.222. The molecule has 0 bridgehead atoms. The molecule has 1 fully saturated rings. The van der Waals surface area contributed by atoms with Crippen LogP contribution in [0.2, 0.25) is 0 Å². The van der Waals surface area contributed by atoms with Crippen LogP contribution in [-0.4, -0.2) is 28.5 Å². The number of nitrogens with one attached hydrogen (secondary N) is 1. The van der Waals surface area contributed by atoms with Crippen molar-refractivity contribution in [3.63, 3.8) is 0 Å².